The van der Waals surface area contributed by atoms with Crippen LogP contribution in [0.3, 0.4) is 0 Å². The number of piperidine rings is 2. The standard InChI is InChI=1S/C21H22F3N5O/c22-21(23,24)15-6-10-29(11-7-15)20(30)28-8-4-14(5-9-28)17(12-25)16-2-1-3-19-18(16)13-26-27-19/h1-3,13,15H,4-11H2,(H,26,27). The molecule has 2 saturated heterocycles. The molecule has 0 bridgehead atoms. The second-order valence-electron chi connectivity index (χ2n) is 7.80. The summed E-state index contributed by atoms with van der Waals surface area (Å²) in [6.45, 7) is 1.18. The molecule has 2 amide bonds. The SMILES string of the molecule is N#CC(=C1CCN(C(=O)N2CCC(C(F)(F)F)CC2)CC1)c1cccc2[nH]ncc12. The molecule has 0 radical (unpaired) electrons. The number of likely N-dealkylation sites (tertiary alicyclic amines) is 2. The van der Waals surface area contributed by atoms with Crippen molar-refractivity contribution < 1.29 is 18.0 Å². The predicted octanol–water partition coefficient (Wildman–Crippen LogP) is 4.33. The molecule has 2 fully saturated rings. The molecule has 2 aliphatic rings. The Kier molecular flexibility index (Phi) is 5.41. The van der Waals surface area contributed by atoms with E-state index in [4.69, 9.17) is 0 Å². The fraction of sp³-hybridized carbons (Fsp3) is 0.476. The first-order valence-electron chi connectivity index (χ1n) is 10.0. The van der Waals surface area contributed by atoms with Crippen LogP contribution in [0.4, 0.5) is 18.0 Å². The molecule has 1 N–H and O–H groups in total. The number of alkyl halides is 3. The molecule has 2 aromatic rings. The van der Waals surface area contributed by atoms with Gasteiger partial charge in [-0.25, -0.2) is 4.79 Å². The Balaban J connectivity index is 1.43. The maximum Gasteiger partial charge on any atom is 0.391 e. The summed E-state index contributed by atoms with van der Waals surface area (Å²) in [5, 5.41) is 17.6. The Morgan fingerprint density at radius 2 is 1.80 bits per heavy atom. The molecule has 2 aliphatic heterocycles. The zero-order valence-corrected chi connectivity index (χ0v) is 16.4. The highest BCUT2D eigenvalue weighted by Crippen LogP contribution is 2.35. The topological polar surface area (TPSA) is 76.0 Å². The van der Waals surface area contributed by atoms with Gasteiger partial charge in [0.05, 0.1) is 29.3 Å². The third-order valence-corrected chi connectivity index (χ3v) is 6.09. The summed E-state index contributed by atoms with van der Waals surface area (Å²) in [4.78, 5) is 16.0. The summed E-state index contributed by atoms with van der Waals surface area (Å²) in [5.74, 6) is -1.32. The minimum absolute atomic E-state index is 0.0402. The average molecular weight is 417 g/mol. The van der Waals surface area contributed by atoms with Gasteiger partial charge in [0.1, 0.15) is 0 Å². The number of aromatic nitrogens is 2. The molecule has 3 heterocycles. The molecular formula is C21H22F3N5O. The van der Waals surface area contributed by atoms with E-state index >= 15 is 0 Å². The van der Waals surface area contributed by atoms with Gasteiger partial charge in [-0.05, 0) is 37.3 Å². The predicted molar refractivity (Wildman–Crippen MR) is 105 cm³/mol. The Morgan fingerprint density at radius 1 is 1.13 bits per heavy atom. The largest absolute Gasteiger partial charge is 0.391 e. The highest BCUT2D eigenvalue weighted by Gasteiger charge is 2.42. The van der Waals surface area contributed by atoms with Crippen LogP contribution in [-0.2, 0) is 0 Å². The van der Waals surface area contributed by atoms with Crippen molar-refractivity contribution in [1.29, 1.82) is 5.26 Å². The zero-order chi connectivity index (χ0) is 21.3. The number of fused-ring (bicyclic) bond motifs is 1. The number of carbonyl (C=O) groups is 1. The third-order valence-electron chi connectivity index (χ3n) is 6.09. The fourth-order valence-corrected chi connectivity index (χ4v) is 4.33. The first kappa shape index (κ1) is 20.3. The van der Waals surface area contributed by atoms with Gasteiger partial charge in [0.2, 0.25) is 0 Å². The quantitative estimate of drug-likeness (QED) is 0.702. The summed E-state index contributed by atoms with van der Waals surface area (Å²) in [6, 6.07) is 7.77. The summed E-state index contributed by atoms with van der Waals surface area (Å²) in [5.41, 5.74) is 3.29. The van der Waals surface area contributed by atoms with Crippen LogP contribution in [0.25, 0.3) is 16.5 Å². The molecule has 6 nitrogen and oxygen atoms in total. The lowest BCUT2D eigenvalue weighted by Crippen LogP contribution is -2.49. The molecule has 0 spiro atoms. The van der Waals surface area contributed by atoms with Gasteiger partial charge in [-0.2, -0.15) is 23.5 Å². The number of carbonyl (C=O) groups excluding carboxylic acids is 1. The number of nitrogens with zero attached hydrogens (tertiary/aromatic N) is 4. The van der Waals surface area contributed by atoms with Crippen LogP contribution in [0.1, 0.15) is 31.2 Å². The number of allylic oxidation sites excluding steroid dienone is 1. The molecule has 158 valence electrons. The smallest absolute Gasteiger partial charge is 0.325 e. The number of urea groups is 1. The monoisotopic (exact) mass is 417 g/mol. The molecule has 0 atom stereocenters. The van der Waals surface area contributed by atoms with Crippen LogP contribution in [-0.4, -0.2) is 58.4 Å². The number of halogens is 3. The lowest BCUT2D eigenvalue weighted by atomic mass is 9.92. The molecule has 0 aliphatic carbocycles. The number of amides is 2. The van der Waals surface area contributed by atoms with Crippen molar-refractivity contribution in [3.63, 3.8) is 0 Å². The Labute approximate surface area is 171 Å². The van der Waals surface area contributed by atoms with E-state index in [1.165, 1.54) is 4.90 Å². The van der Waals surface area contributed by atoms with Gasteiger partial charge in [0.25, 0.3) is 0 Å². The summed E-state index contributed by atoms with van der Waals surface area (Å²) >= 11 is 0. The van der Waals surface area contributed by atoms with Crippen LogP contribution >= 0.6 is 0 Å². The first-order valence-corrected chi connectivity index (χ1v) is 10.0. The number of aromatic amines is 1. The van der Waals surface area contributed by atoms with Crippen molar-refractivity contribution in [2.75, 3.05) is 26.2 Å². The van der Waals surface area contributed by atoms with E-state index in [0.717, 1.165) is 22.0 Å². The zero-order valence-electron chi connectivity index (χ0n) is 16.4. The minimum atomic E-state index is -4.19. The normalized spacial score (nSPS) is 18.5. The van der Waals surface area contributed by atoms with Crippen molar-refractivity contribution in [3.05, 3.63) is 35.5 Å². The molecule has 9 heteroatoms. The first-order chi connectivity index (χ1) is 14.4. The Morgan fingerprint density at radius 3 is 2.43 bits per heavy atom. The van der Waals surface area contributed by atoms with Crippen LogP contribution in [0, 0.1) is 17.2 Å². The fourth-order valence-electron chi connectivity index (χ4n) is 4.33. The Hall–Kier alpha value is -3.02. The van der Waals surface area contributed by atoms with Gasteiger partial charge >= 0.3 is 12.2 Å². The van der Waals surface area contributed by atoms with Gasteiger partial charge in [-0.1, -0.05) is 12.1 Å². The number of nitriles is 1. The van der Waals surface area contributed by atoms with Crippen LogP contribution in [0.5, 0.6) is 0 Å². The van der Waals surface area contributed by atoms with E-state index in [9.17, 15) is 23.2 Å². The lowest BCUT2D eigenvalue weighted by molar-refractivity contribution is -0.183. The van der Waals surface area contributed by atoms with Gasteiger partial charge < -0.3 is 9.80 Å². The highest BCUT2D eigenvalue weighted by atomic mass is 19.4. The minimum Gasteiger partial charge on any atom is -0.325 e. The van der Waals surface area contributed by atoms with Crippen molar-refractivity contribution in [1.82, 2.24) is 20.0 Å². The second-order valence-corrected chi connectivity index (χ2v) is 7.80. The molecule has 1 aromatic heterocycles. The van der Waals surface area contributed by atoms with Crippen LogP contribution < -0.4 is 0 Å². The third kappa shape index (κ3) is 3.86. The van der Waals surface area contributed by atoms with Gasteiger partial charge in [-0.3, -0.25) is 5.10 Å². The van der Waals surface area contributed by atoms with Crippen LogP contribution in [0.15, 0.2) is 30.0 Å². The number of rotatable bonds is 1. The molecule has 0 saturated carbocycles. The molecular weight excluding hydrogens is 395 g/mol. The number of benzene rings is 1. The molecule has 0 unspecified atom stereocenters. The number of hydrogen-bond donors (Lipinski definition) is 1. The van der Waals surface area contributed by atoms with Crippen molar-refractivity contribution in [2.45, 2.75) is 31.9 Å². The average Bonchev–Trinajstić information content (AvgIpc) is 3.23. The number of nitrogens with one attached hydrogen (secondary N) is 1. The van der Waals surface area contributed by atoms with Crippen molar-refractivity contribution in [2.24, 2.45) is 5.92 Å². The number of H-pyrrole nitrogens is 1. The highest BCUT2D eigenvalue weighted by molar-refractivity contribution is 5.96. The van der Waals surface area contributed by atoms with E-state index in [2.05, 4.69) is 16.3 Å². The molecule has 1 aromatic carbocycles. The summed E-state index contributed by atoms with van der Waals surface area (Å²) in [7, 11) is 0. The maximum atomic E-state index is 12.8. The summed E-state index contributed by atoms with van der Waals surface area (Å²) < 4.78 is 38.5. The maximum absolute atomic E-state index is 12.8. The number of hydrogen-bond acceptors (Lipinski definition) is 3. The van der Waals surface area contributed by atoms with Gasteiger partial charge in [0.15, 0.2) is 0 Å². The van der Waals surface area contributed by atoms with Crippen molar-refractivity contribution in [3.8, 4) is 6.07 Å². The molecule has 4 rings (SSSR count). The summed E-state index contributed by atoms with van der Waals surface area (Å²) in [6.07, 6.45) is -1.43. The molecule has 30 heavy (non-hydrogen) atoms. The van der Waals surface area contributed by atoms with E-state index in [1.807, 2.05) is 18.2 Å². The van der Waals surface area contributed by atoms with Crippen LogP contribution in [0.2, 0.25) is 0 Å². The van der Waals surface area contributed by atoms with E-state index in [-0.39, 0.29) is 32.0 Å². The second kappa shape index (κ2) is 8.01. The van der Waals surface area contributed by atoms with Gasteiger partial charge in [0, 0.05) is 37.1 Å². The lowest BCUT2D eigenvalue weighted by Gasteiger charge is -2.38. The van der Waals surface area contributed by atoms with E-state index in [1.54, 1.807) is 11.1 Å². The van der Waals surface area contributed by atoms with E-state index in [0.29, 0.717) is 31.5 Å². The van der Waals surface area contributed by atoms with E-state index < -0.39 is 12.1 Å². The Bertz CT molecular complexity index is 1000. The van der Waals surface area contributed by atoms with Gasteiger partial charge in [-0.15, -0.1) is 0 Å². The van der Waals surface area contributed by atoms with Crippen molar-refractivity contribution >= 4 is 22.5 Å².